The average Bonchev–Trinajstić information content (AvgIpc) is 2.94. The molecule has 0 aliphatic carbocycles. The van der Waals surface area contributed by atoms with Crippen LogP contribution in [0.4, 0.5) is 0 Å². The Hall–Kier alpha value is -2.18. The quantitative estimate of drug-likeness (QED) is 0.736. The average molecular weight is 341 g/mol. The highest BCUT2D eigenvalue weighted by atomic mass is 32.2. The van der Waals surface area contributed by atoms with Crippen LogP contribution in [-0.4, -0.2) is 28.7 Å². The van der Waals surface area contributed by atoms with E-state index in [0.29, 0.717) is 19.5 Å². The summed E-state index contributed by atoms with van der Waals surface area (Å²) in [7, 11) is -3.35. The third-order valence-corrected chi connectivity index (χ3v) is 6.30. The molecule has 4 rings (SSSR count). The molecule has 124 valence electrons. The van der Waals surface area contributed by atoms with Crippen molar-refractivity contribution in [2.75, 3.05) is 6.54 Å². The molecule has 3 heterocycles. The van der Waals surface area contributed by atoms with Gasteiger partial charge in [0.2, 0.25) is 10.0 Å². The zero-order chi connectivity index (χ0) is 16.7. The van der Waals surface area contributed by atoms with E-state index in [9.17, 15) is 8.42 Å². The predicted octanol–water partition coefficient (Wildman–Crippen LogP) is 2.53. The van der Waals surface area contributed by atoms with Gasteiger partial charge < -0.3 is 4.40 Å². The standard InChI is InChI=1S/C18H19N3O2S/c1-14-5-7-15(8-6-14)13-24(22,23)20-11-9-16-17(12-20)21-10-3-2-4-18(21)19-16/h2-8,10H,9,11-13H2,1H3. The monoisotopic (exact) mass is 341 g/mol. The smallest absolute Gasteiger partial charge is 0.218 e. The first kappa shape index (κ1) is 15.4. The van der Waals surface area contributed by atoms with Gasteiger partial charge in [0.05, 0.1) is 23.7 Å². The minimum Gasteiger partial charge on any atom is -0.302 e. The van der Waals surface area contributed by atoms with E-state index in [-0.39, 0.29) is 5.75 Å². The molecule has 0 saturated carbocycles. The van der Waals surface area contributed by atoms with Crippen molar-refractivity contribution in [3.63, 3.8) is 0 Å². The lowest BCUT2D eigenvalue weighted by atomic mass is 10.2. The fourth-order valence-electron chi connectivity index (χ4n) is 3.16. The fourth-order valence-corrected chi connectivity index (χ4v) is 4.65. The van der Waals surface area contributed by atoms with Crippen LogP contribution in [0.25, 0.3) is 5.65 Å². The Morgan fingerprint density at radius 2 is 1.92 bits per heavy atom. The Morgan fingerprint density at radius 3 is 2.71 bits per heavy atom. The van der Waals surface area contributed by atoms with Crippen LogP contribution in [-0.2, 0) is 28.7 Å². The number of benzene rings is 1. The number of nitrogens with zero attached hydrogens (tertiary/aromatic N) is 3. The molecule has 2 aromatic heterocycles. The van der Waals surface area contributed by atoms with Crippen molar-refractivity contribution in [3.05, 3.63) is 71.2 Å². The van der Waals surface area contributed by atoms with Gasteiger partial charge in [-0.1, -0.05) is 35.9 Å². The lowest BCUT2D eigenvalue weighted by Crippen LogP contribution is -2.37. The number of sulfonamides is 1. The maximum atomic E-state index is 12.8. The normalized spacial score (nSPS) is 15.5. The van der Waals surface area contributed by atoms with Crippen LogP contribution >= 0.6 is 0 Å². The van der Waals surface area contributed by atoms with E-state index in [1.54, 1.807) is 4.31 Å². The second kappa shape index (κ2) is 5.72. The van der Waals surface area contributed by atoms with E-state index in [0.717, 1.165) is 28.2 Å². The van der Waals surface area contributed by atoms with E-state index in [4.69, 9.17) is 0 Å². The molecule has 0 radical (unpaired) electrons. The number of fused-ring (bicyclic) bond motifs is 3. The molecule has 3 aromatic rings. The molecule has 1 aliphatic rings. The molecule has 0 spiro atoms. The second-order valence-electron chi connectivity index (χ2n) is 6.26. The highest BCUT2D eigenvalue weighted by Gasteiger charge is 2.29. The van der Waals surface area contributed by atoms with E-state index < -0.39 is 10.0 Å². The van der Waals surface area contributed by atoms with Gasteiger partial charge in [-0.3, -0.25) is 0 Å². The van der Waals surface area contributed by atoms with Gasteiger partial charge in [-0.2, -0.15) is 4.31 Å². The number of rotatable bonds is 3. The van der Waals surface area contributed by atoms with E-state index in [1.807, 2.05) is 60.0 Å². The molecular formula is C18H19N3O2S. The lowest BCUT2D eigenvalue weighted by molar-refractivity contribution is 0.383. The SMILES string of the molecule is Cc1ccc(CS(=O)(=O)N2CCc3nc4ccccn4c3C2)cc1. The second-order valence-corrected chi connectivity index (χ2v) is 8.23. The fraction of sp³-hybridized carbons (Fsp3) is 0.278. The summed E-state index contributed by atoms with van der Waals surface area (Å²) in [5.41, 5.74) is 4.81. The lowest BCUT2D eigenvalue weighted by Gasteiger charge is -2.26. The number of imidazole rings is 1. The first-order valence-electron chi connectivity index (χ1n) is 8.01. The van der Waals surface area contributed by atoms with Crippen molar-refractivity contribution < 1.29 is 8.42 Å². The number of aromatic nitrogens is 2. The summed E-state index contributed by atoms with van der Waals surface area (Å²) >= 11 is 0. The number of hydrogen-bond donors (Lipinski definition) is 0. The largest absolute Gasteiger partial charge is 0.302 e. The minimum atomic E-state index is -3.35. The first-order valence-corrected chi connectivity index (χ1v) is 9.62. The molecule has 6 heteroatoms. The molecule has 0 amide bonds. The number of hydrogen-bond acceptors (Lipinski definition) is 3. The highest BCUT2D eigenvalue weighted by molar-refractivity contribution is 7.88. The zero-order valence-electron chi connectivity index (χ0n) is 13.5. The van der Waals surface area contributed by atoms with E-state index >= 15 is 0 Å². The van der Waals surface area contributed by atoms with Gasteiger partial charge in [0.15, 0.2) is 0 Å². The molecule has 0 unspecified atom stereocenters. The van der Waals surface area contributed by atoms with Crippen LogP contribution in [0.2, 0.25) is 0 Å². The molecule has 0 saturated heterocycles. The first-order chi connectivity index (χ1) is 11.5. The summed E-state index contributed by atoms with van der Waals surface area (Å²) in [6, 6.07) is 13.5. The van der Waals surface area contributed by atoms with Gasteiger partial charge in [-0.15, -0.1) is 0 Å². The van der Waals surface area contributed by atoms with E-state index in [1.165, 1.54) is 0 Å². The molecule has 1 aliphatic heterocycles. The van der Waals surface area contributed by atoms with Gasteiger partial charge in [-0.05, 0) is 24.6 Å². The summed E-state index contributed by atoms with van der Waals surface area (Å²) in [5.74, 6) is 0.0410. The summed E-state index contributed by atoms with van der Waals surface area (Å²) in [6.45, 7) is 2.87. The van der Waals surface area contributed by atoms with Crippen molar-refractivity contribution in [1.82, 2.24) is 13.7 Å². The Bertz CT molecular complexity index is 991. The Labute approximate surface area is 141 Å². The third-order valence-electron chi connectivity index (χ3n) is 4.50. The highest BCUT2D eigenvalue weighted by Crippen LogP contribution is 2.24. The van der Waals surface area contributed by atoms with Gasteiger partial charge in [-0.25, -0.2) is 13.4 Å². The molecular weight excluding hydrogens is 322 g/mol. The number of aryl methyl sites for hydroxylation is 1. The zero-order valence-corrected chi connectivity index (χ0v) is 14.3. The van der Waals surface area contributed by atoms with Crippen molar-refractivity contribution >= 4 is 15.7 Å². The molecule has 1 aromatic carbocycles. The van der Waals surface area contributed by atoms with Crippen LogP contribution in [0.3, 0.4) is 0 Å². The van der Waals surface area contributed by atoms with Crippen molar-refractivity contribution in [3.8, 4) is 0 Å². The molecule has 0 N–H and O–H groups in total. The predicted molar refractivity (Wildman–Crippen MR) is 93.1 cm³/mol. The summed E-state index contributed by atoms with van der Waals surface area (Å²) in [4.78, 5) is 4.60. The minimum absolute atomic E-state index is 0.0410. The topological polar surface area (TPSA) is 54.7 Å². The van der Waals surface area contributed by atoms with Crippen LogP contribution in [0.1, 0.15) is 22.5 Å². The number of pyridine rings is 1. The van der Waals surface area contributed by atoms with Gasteiger partial charge >= 0.3 is 0 Å². The van der Waals surface area contributed by atoms with Crippen LogP contribution in [0.15, 0.2) is 48.7 Å². The Morgan fingerprint density at radius 1 is 1.12 bits per heavy atom. The Balaban J connectivity index is 1.62. The van der Waals surface area contributed by atoms with Crippen molar-refractivity contribution in [1.29, 1.82) is 0 Å². The molecule has 5 nitrogen and oxygen atoms in total. The van der Waals surface area contributed by atoms with Crippen molar-refractivity contribution in [2.24, 2.45) is 0 Å². The van der Waals surface area contributed by atoms with Crippen LogP contribution < -0.4 is 0 Å². The maximum Gasteiger partial charge on any atom is 0.218 e. The summed E-state index contributed by atoms with van der Waals surface area (Å²) in [5, 5.41) is 0. The summed E-state index contributed by atoms with van der Waals surface area (Å²) < 4.78 is 29.2. The summed E-state index contributed by atoms with van der Waals surface area (Å²) in [6.07, 6.45) is 2.60. The van der Waals surface area contributed by atoms with Gasteiger partial charge in [0.1, 0.15) is 5.65 Å². The molecule has 0 bridgehead atoms. The molecule has 0 atom stereocenters. The van der Waals surface area contributed by atoms with E-state index in [2.05, 4.69) is 4.98 Å². The molecule has 0 fully saturated rings. The van der Waals surface area contributed by atoms with Gasteiger partial charge in [0, 0.05) is 19.2 Å². The Kier molecular flexibility index (Phi) is 3.66. The van der Waals surface area contributed by atoms with Gasteiger partial charge in [0.25, 0.3) is 0 Å². The molecule has 24 heavy (non-hydrogen) atoms. The maximum absolute atomic E-state index is 12.8. The van der Waals surface area contributed by atoms with Crippen molar-refractivity contribution in [2.45, 2.75) is 25.6 Å². The van der Waals surface area contributed by atoms with Crippen LogP contribution in [0, 0.1) is 6.92 Å². The third kappa shape index (κ3) is 2.72. The van der Waals surface area contributed by atoms with Crippen LogP contribution in [0.5, 0.6) is 0 Å².